The van der Waals surface area contributed by atoms with Crippen LogP contribution in [0.1, 0.15) is 386 Å². The number of hydrogen-bond acceptors (Lipinski definition) is 7. The maximum absolute atomic E-state index is 12.9. The van der Waals surface area contributed by atoms with Gasteiger partial charge in [0.2, 0.25) is 0 Å². The number of quaternary nitrogens is 1. The number of rotatable bonds is 79. The number of unbranched alkanes of at least 4 members (excludes halogenated alkanes) is 43. The molecule has 0 aliphatic carbocycles. The molecule has 0 saturated heterocycles. The summed E-state index contributed by atoms with van der Waals surface area (Å²) in [6.45, 7) is 4.25. The fourth-order valence-corrected chi connectivity index (χ4v) is 13.0. The van der Waals surface area contributed by atoms with E-state index in [0.717, 1.165) is 103 Å². The lowest BCUT2D eigenvalue weighted by atomic mass is 10.0. The van der Waals surface area contributed by atoms with E-state index >= 15 is 0 Å². The molecule has 9 nitrogen and oxygen atoms in total. The van der Waals surface area contributed by atoms with Gasteiger partial charge < -0.3 is 18.9 Å². The molecule has 0 heterocycles. The Bertz CT molecular complexity index is 2190. The normalized spacial score (nSPS) is 13.7. The molecule has 10 heteroatoms. The van der Waals surface area contributed by atoms with Crippen LogP contribution in [0.3, 0.4) is 0 Å². The molecule has 2 atom stereocenters. The maximum Gasteiger partial charge on any atom is 0.472 e. The topological polar surface area (TPSA) is 108 Å². The number of allylic oxidation sites excluding steroid dienone is 22. The van der Waals surface area contributed by atoms with Gasteiger partial charge in [-0.05, 0) is 109 Å². The summed E-state index contributed by atoms with van der Waals surface area (Å²) in [5.74, 6) is -0.780. The molecule has 0 aromatic rings. The highest BCUT2D eigenvalue weighted by molar-refractivity contribution is 7.47. The number of hydrogen-bond donors (Lipinski definition) is 1. The zero-order valence-corrected chi connectivity index (χ0v) is 68.2. The van der Waals surface area contributed by atoms with Crippen molar-refractivity contribution in [2.24, 2.45) is 0 Å². The second-order valence-electron chi connectivity index (χ2n) is 29.8. The summed E-state index contributed by atoms with van der Waals surface area (Å²) in [5.41, 5.74) is 0. The molecule has 0 aromatic carbocycles. The summed E-state index contributed by atoms with van der Waals surface area (Å²) in [6.07, 6.45) is 119. The molecular weight excluding hydrogens is 1280 g/mol. The van der Waals surface area contributed by atoms with Crippen LogP contribution >= 0.6 is 7.82 Å². The van der Waals surface area contributed by atoms with E-state index in [0.29, 0.717) is 17.4 Å². The highest BCUT2D eigenvalue weighted by Crippen LogP contribution is 2.43. The van der Waals surface area contributed by atoms with E-state index < -0.39 is 26.5 Å². The summed E-state index contributed by atoms with van der Waals surface area (Å²) >= 11 is 0. The number of nitrogens with zero attached hydrogens (tertiary/aromatic N) is 1. The number of esters is 2. The van der Waals surface area contributed by atoms with Crippen LogP contribution in [0.25, 0.3) is 0 Å². The molecule has 0 amide bonds. The molecule has 0 aliphatic heterocycles. The van der Waals surface area contributed by atoms with Gasteiger partial charge in [-0.1, -0.05) is 398 Å². The fourth-order valence-electron chi connectivity index (χ4n) is 12.2. The highest BCUT2D eigenvalue weighted by Gasteiger charge is 2.27. The number of carbonyl (C=O) groups excluding carboxylic acids is 2. The predicted molar refractivity (Wildman–Crippen MR) is 445 cm³/mol. The van der Waals surface area contributed by atoms with Gasteiger partial charge in [0.15, 0.2) is 6.10 Å². The van der Waals surface area contributed by atoms with Gasteiger partial charge in [0.1, 0.15) is 19.8 Å². The smallest absolute Gasteiger partial charge is 0.462 e. The Balaban J connectivity index is 3.90. The van der Waals surface area contributed by atoms with Crippen molar-refractivity contribution in [3.05, 3.63) is 134 Å². The second-order valence-corrected chi connectivity index (χ2v) is 31.3. The first-order chi connectivity index (χ1) is 50.0. The Morgan fingerprint density at radius 3 is 0.784 bits per heavy atom. The van der Waals surface area contributed by atoms with E-state index in [4.69, 9.17) is 18.5 Å². The van der Waals surface area contributed by atoms with Crippen molar-refractivity contribution in [2.75, 3.05) is 47.5 Å². The average molecular weight is 1440 g/mol. The van der Waals surface area contributed by atoms with Crippen LogP contribution in [0, 0.1) is 0 Å². The van der Waals surface area contributed by atoms with Gasteiger partial charge in [-0.25, -0.2) is 4.57 Å². The van der Waals surface area contributed by atoms with Gasteiger partial charge in [0.05, 0.1) is 27.7 Å². The van der Waals surface area contributed by atoms with Crippen LogP contribution in [0.5, 0.6) is 0 Å². The Kier molecular flexibility index (Phi) is 78.2. The molecule has 0 aliphatic rings. The zero-order valence-electron chi connectivity index (χ0n) is 67.3. The summed E-state index contributed by atoms with van der Waals surface area (Å²) in [4.78, 5) is 36.1. The van der Waals surface area contributed by atoms with Crippen molar-refractivity contribution in [1.29, 1.82) is 0 Å². The van der Waals surface area contributed by atoms with Gasteiger partial charge in [-0.15, -0.1) is 0 Å². The van der Waals surface area contributed by atoms with Crippen molar-refractivity contribution >= 4 is 19.8 Å². The molecule has 0 spiro atoms. The largest absolute Gasteiger partial charge is 0.472 e. The molecule has 2 unspecified atom stereocenters. The lowest BCUT2D eigenvalue weighted by Gasteiger charge is -2.24. The SMILES string of the molecule is CC/C=C\C/C=C\C/C=C\C/C=C\C/C=C\C/C=C\CCCCCCCCCCCCCCCCCCCCCCCCC(=O)OC(COC(=O)CCCCCCCCCCCCCCCCCCCCCCC/C=C\C/C=C\C/C=C\C/C=C\C/C=C\CC)COP(=O)(O)OCC[N+](C)(C)C. The molecule has 0 rings (SSSR count). The first-order valence-electron chi connectivity index (χ1n) is 42.9. The third-order valence-corrected chi connectivity index (χ3v) is 19.7. The van der Waals surface area contributed by atoms with Crippen LogP contribution < -0.4 is 0 Å². The van der Waals surface area contributed by atoms with E-state index in [1.807, 2.05) is 21.1 Å². The van der Waals surface area contributed by atoms with Gasteiger partial charge >= 0.3 is 19.8 Å². The molecule has 0 fully saturated rings. The van der Waals surface area contributed by atoms with Crippen molar-refractivity contribution < 1.29 is 42.1 Å². The number of ether oxygens (including phenoxy) is 2. The molecule has 0 bridgehead atoms. The van der Waals surface area contributed by atoms with E-state index in [1.165, 1.54) is 250 Å². The Morgan fingerprint density at radius 1 is 0.304 bits per heavy atom. The maximum atomic E-state index is 12.9. The number of phosphoric acid groups is 1. The minimum Gasteiger partial charge on any atom is -0.462 e. The third-order valence-electron chi connectivity index (χ3n) is 18.7. The minimum atomic E-state index is -4.40. The molecule has 1 N–H and O–H groups in total. The molecule has 588 valence electrons. The van der Waals surface area contributed by atoms with Crippen molar-refractivity contribution in [3.8, 4) is 0 Å². The highest BCUT2D eigenvalue weighted by atomic mass is 31.2. The fraction of sp³-hybridized carbons (Fsp3) is 0.739. The summed E-state index contributed by atoms with van der Waals surface area (Å²) in [5, 5.41) is 0. The van der Waals surface area contributed by atoms with Gasteiger partial charge in [0, 0.05) is 12.8 Å². The third kappa shape index (κ3) is 85.1. The quantitative estimate of drug-likeness (QED) is 0.0211. The van der Waals surface area contributed by atoms with Crippen molar-refractivity contribution in [1.82, 2.24) is 0 Å². The van der Waals surface area contributed by atoms with Crippen molar-refractivity contribution in [3.63, 3.8) is 0 Å². The number of likely N-dealkylation sites (N-methyl/N-ethyl adjacent to an activating group) is 1. The van der Waals surface area contributed by atoms with Gasteiger partial charge in [-0.3, -0.25) is 18.6 Å². The van der Waals surface area contributed by atoms with Crippen LogP contribution in [0.15, 0.2) is 134 Å². The van der Waals surface area contributed by atoms with Crippen LogP contribution in [0.2, 0.25) is 0 Å². The van der Waals surface area contributed by atoms with Gasteiger partial charge in [-0.2, -0.15) is 0 Å². The van der Waals surface area contributed by atoms with Crippen molar-refractivity contribution in [2.45, 2.75) is 392 Å². The monoisotopic (exact) mass is 1440 g/mol. The number of carbonyl (C=O) groups is 2. The van der Waals surface area contributed by atoms with Gasteiger partial charge in [0.25, 0.3) is 0 Å². The Labute approximate surface area is 631 Å². The lowest BCUT2D eigenvalue weighted by molar-refractivity contribution is -0.870. The molecular formula is C92H163NO8P+. The Hall–Kier alpha value is -3.85. The van der Waals surface area contributed by atoms with E-state index in [2.05, 4.69) is 148 Å². The summed E-state index contributed by atoms with van der Waals surface area (Å²) in [7, 11) is 1.49. The predicted octanol–water partition coefficient (Wildman–Crippen LogP) is 29.1. The average Bonchev–Trinajstić information content (AvgIpc) is 0.916. The number of phosphoric ester groups is 1. The van der Waals surface area contributed by atoms with Crippen LogP contribution in [0.4, 0.5) is 0 Å². The van der Waals surface area contributed by atoms with Crippen LogP contribution in [-0.2, 0) is 32.7 Å². The molecule has 0 aromatic heterocycles. The first-order valence-corrected chi connectivity index (χ1v) is 44.4. The standard InChI is InChI=1S/C92H162NO8P/c1-6-8-10-12-14-16-18-20-22-24-26-28-30-32-34-36-38-40-42-44-45-46-47-49-51-53-55-57-59-61-63-65-67-69-71-73-75-77-79-81-83-85-92(95)101-90(89-100-102(96,97)99-87-86-93(3,4)5)88-98-91(94)84-82-80-78-76-74-72-70-68-66-64-62-60-58-56-54-52-50-48-43-41-39-37-35-33-31-29-27-25-23-21-19-17-15-13-11-9-7-2/h8-11,14-17,20-23,26-29,32-35,38,40,90H,6-7,12-13,18-19,24-25,30-31,36-37,39,41-89H2,1-5H3/p+1/b10-8-,11-9-,16-14-,17-15-,22-20-,23-21-,28-26-,29-27-,34-32-,35-33-,40-38-. The van der Waals surface area contributed by atoms with E-state index in [1.54, 1.807) is 0 Å². The zero-order chi connectivity index (χ0) is 74.0. The molecule has 0 radical (unpaired) electrons. The summed E-state index contributed by atoms with van der Waals surface area (Å²) in [6, 6.07) is 0. The van der Waals surface area contributed by atoms with E-state index in [-0.39, 0.29) is 32.0 Å². The van der Waals surface area contributed by atoms with E-state index in [9.17, 15) is 19.0 Å². The minimum absolute atomic E-state index is 0.0309. The first kappa shape index (κ1) is 98.2. The molecule has 0 saturated carbocycles. The lowest BCUT2D eigenvalue weighted by Crippen LogP contribution is -2.37. The second kappa shape index (κ2) is 81.2. The summed E-state index contributed by atoms with van der Waals surface area (Å²) < 4.78 is 34.9. The Morgan fingerprint density at radius 2 is 0.529 bits per heavy atom. The molecule has 102 heavy (non-hydrogen) atoms. The van der Waals surface area contributed by atoms with Crippen LogP contribution in [-0.4, -0.2) is 74.9 Å².